The summed E-state index contributed by atoms with van der Waals surface area (Å²) in [5.41, 5.74) is -1.01. The van der Waals surface area contributed by atoms with Crippen molar-refractivity contribution in [1.29, 1.82) is 0 Å². The highest BCUT2D eigenvalue weighted by atomic mass is 32.1. The van der Waals surface area contributed by atoms with Crippen LogP contribution in [0.5, 0.6) is 0 Å². The van der Waals surface area contributed by atoms with E-state index in [1.54, 1.807) is 56.8 Å². The van der Waals surface area contributed by atoms with Gasteiger partial charge in [0, 0.05) is 55.6 Å². The third-order valence-electron chi connectivity index (χ3n) is 15.3. The highest BCUT2D eigenvalue weighted by Gasteiger charge is 2.53. The second-order valence-electron chi connectivity index (χ2n) is 21.8. The summed E-state index contributed by atoms with van der Waals surface area (Å²) in [6, 6.07) is 7.51. The van der Waals surface area contributed by atoms with Crippen LogP contribution < -0.4 is 0 Å². The molecule has 0 saturated carbocycles. The minimum Gasteiger partial charge on any atom is -0.459 e. The van der Waals surface area contributed by atoms with Gasteiger partial charge in [0.15, 0.2) is 12.6 Å². The Balaban J connectivity index is 0.000000441. The maximum Gasteiger partial charge on any atom is 0.311 e. The van der Waals surface area contributed by atoms with Crippen LogP contribution in [0.15, 0.2) is 42.0 Å². The molecule has 5 heterocycles. The van der Waals surface area contributed by atoms with Gasteiger partial charge in [0.05, 0.1) is 64.6 Å². The molecule has 3 aliphatic heterocycles. The topological polar surface area (TPSA) is 224 Å². The van der Waals surface area contributed by atoms with Crippen LogP contribution in [-0.2, 0) is 39.6 Å². The minimum absolute atomic E-state index is 0.134. The van der Waals surface area contributed by atoms with E-state index in [0.29, 0.717) is 13.0 Å². The van der Waals surface area contributed by atoms with Crippen molar-refractivity contribution in [2.75, 3.05) is 34.3 Å². The molecule has 1 aromatic carbocycles. The first kappa shape index (κ1) is 59.9. The summed E-state index contributed by atoms with van der Waals surface area (Å²) in [5.74, 6) is -2.58. The lowest BCUT2D eigenvalue weighted by Gasteiger charge is -2.49. The second kappa shape index (κ2) is 25.7. The van der Waals surface area contributed by atoms with E-state index in [4.69, 9.17) is 28.4 Å². The van der Waals surface area contributed by atoms with Crippen molar-refractivity contribution in [2.24, 2.45) is 17.8 Å². The number of cyclic esters (lactones) is 1. The number of aromatic nitrogens is 4. The first-order valence-electron chi connectivity index (χ1n) is 25.9. The molecule has 6 rings (SSSR count). The fourth-order valence-corrected chi connectivity index (χ4v) is 11.8. The summed E-state index contributed by atoms with van der Waals surface area (Å²) >= 11 is 1.71. The number of hydrogen-bond donors (Lipinski definition) is 5. The molecule has 0 bridgehead atoms. The largest absolute Gasteiger partial charge is 0.459 e. The molecule has 0 aliphatic carbocycles. The number of aliphatic hydroxyl groups excluding tert-OH is 3. The molecule has 0 radical (unpaired) electrons. The zero-order valence-electron chi connectivity index (χ0n) is 45.5. The molecule has 3 aliphatic rings. The Kier molecular flexibility index (Phi) is 21.3. The molecular weight excluding hydrogens is 945 g/mol. The number of methoxy groups -OCH3 is 1. The highest BCUT2D eigenvalue weighted by Crippen LogP contribution is 2.40. The monoisotopic (exact) mass is 1030 g/mol. The summed E-state index contributed by atoms with van der Waals surface area (Å²) in [6.45, 7) is 23.0. The van der Waals surface area contributed by atoms with Crippen LogP contribution in [-0.4, -0.2) is 186 Å². The molecule has 0 amide bonds. The van der Waals surface area contributed by atoms with Gasteiger partial charge in [-0.05, 0) is 125 Å². The lowest BCUT2D eigenvalue weighted by molar-refractivity contribution is -0.318. The molecule has 0 unspecified atom stereocenters. The van der Waals surface area contributed by atoms with E-state index in [-0.39, 0.29) is 37.3 Å². The van der Waals surface area contributed by atoms with Crippen LogP contribution in [0, 0.1) is 24.7 Å². The van der Waals surface area contributed by atoms with Crippen molar-refractivity contribution in [3.63, 3.8) is 0 Å². The van der Waals surface area contributed by atoms with Crippen LogP contribution in [0.2, 0.25) is 0 Å². The van der Waals surface area contributed by atoms with E-state index in [0.717, 1.165) is 35.8 Å². The number of hydrogen-bond acceptors (Lipinski definition) is 18. The fourth-order valence-electron chi connectivity index (χ4n) is 11.0. The molecular formula is C53H88N6O12S. The average molecular weight is 1030 g/mol. The number of thiazole rings is 1. The molecule has 18 nitrogen and oxygen atoms in total. The van der Waals surface area contributed by atoms with Crippen molar-refractivity contribution in [3.8, 4) is 5.69 Å². The van der Waals surface area contributed by atoms with Crippen LogP contribution in [0.1, 0.15) is 125 Å². The van der Waals surface area contributed by atoms with Crippen molar-refractivity contribution in [2.45, 2.75) is 212 Å². The van der Waals surface area contributed by atoms with E-state index in [2.05, 4.69) is 44.6 Å². The van der Waals surface area contributed by atoms with E-state index in [1.165, 1.54) is 19.6 Å². The number of carbonyl (C=O) groups excluding carboxylic acids is 1. The van der Waals surface area contributed by atoms with Gasteiger partial charge < -0.3 is 63.8 Å². The molecule has 18 atom stereocenters. The van der Waals surface area contributed by atoms with Crippen molar-refractivity contribution in [3.05, 3.63) is 58.3 Å². The fraction of sp³-hybridized carbons (Fsp3) is 0.774. The Hall–Kier alpha value is -3.02. The maximum absolute atomic E-state index is 14.3. The summed E-state index contributed by atoms with van der Waals surface area (Å²) in [5, 5.41) is 69.5. The number of ether oxygens (including phenoxy) is 6. The number of aliphatic hydroxyl groups is 5. The predicted molar refractivity (Wildman–Crippen MR) is 274 cm³/mol. The number of nitrogens with zero attached hydrogens (tertiary/aromatic N) is 6. The molecule has 2 aromatic heterocycles. The Morgan fingerprint density at radius 3 is 2.22 bits per heavy atom. The minimum atomic E-state index is -1.80. The maximum atomic E-state index is 14.3. The number of carbonyl (C=O) groups is 1. The Morgan fingerprint density at radius 2 is 1.64 bits per heavy atom. The third-order valence-corrected chi connectivity index (χ3v) is 16.3. The summed E-state index contributed by atoms with van der Waals surface area (Å²) in [6.07, 6.45) is -2.87. The normalized spacial score (nSPS) is 38.8. The van der Waals surface area contributed by atoms with Crippen LogP contribution in [0.3, 0.4) is 0 Å². The van der Waals surface area contributed by atoms with Gasteiger partial charge in [-0.15, -0.1) is 16.4 Å². The van der Waals surface area contributed by atoms with Gasteiger partial charge in [0.2, 0.25) is 0 Å². The lowest BCUT2D eigenvalue weighted by Crippen LogP contribution is -2.60. The first-order chi connectivity index (χ1) is 33.8. The van der Waals surface area contributed by atoms with Gasteiger partial charge in [0.1, 0.15) is 30.0 Å². The van der Waals surface area contributed by atoms with Gasteiger partial charge in [-0.3, -0.25) is 4.79 Å². The van der Waals surface area contributed by atoms with Gasteiger partial charge in [-0.25, -0.2) is 9.67 Å². The standard InChI is InChI=1S/C40H76N2O12.C13H12N4S/c1-15-17-41(12)28-18-23(4)50-37(31(28)43)54-35-24(5)32(53-30-20-39(10,49-14)34(45)27(8)51-30)25(6)36(46)52-29(16-2)40(11,48)33(44)26(7)42(13)21-22(3)19-38(35,9)47;1-10-9-18-13(15-10)8-11-2-4-12(5-3-11)17-7-6-14-16-17/h22-35,37,43-45,47-48H,15-21H2,1-14H3;2-7,9H,8H2,1H3/t22-,23-,24+,25-,26-,27+,28+,29-,30+,31-,32+,33-,34+,35-,37+,38-,39-,40-;/m1./s1. The zero-order valence-corrected chi connectivity index (χ0v) is 46.4. The SMILES string of the molecule is CCCN(C)[C@H]1C[C@@H](C)O[C@@H](O[C@@H]2[C@@H](C)[C@H](O[C@H]3C[C@@](C)(OC)[C@@H](O)[C@H](C)O3)[C@@H](C)C(=O)O[C@H](CC)[C@@](C)(O)[C@H](O)[C@@H](C)N(C)C[C@H](C)C[C@@]2(C)O)[C@@H]1O.Cc1csc(Cc2ccc(-n3ccnn3)cc2)n1. The number of aryl methyl sites for hydroxylation is 1. The van der Waals surface area contributed by atoms with E-state index in [9.17, 15) is 30.3 Å². The molecule has 19 heteroatoms. The number of esters is 1. The number of likely N-dealkylation sites (N-methyl/N-ethyl adjacent to an activating group) is 2. The molecule has 3 aromatic rings. The Labute approximate surface area is 432 Å². The summed E-state index contributed by atoms with van der Waals surface area (Å²) < 4.78 is 39.5. The average Bonchev–Trinajstić information content (AvgIpc) is 4.02. The van der Waals surface area contributed by atoms with Crippen molar-refractivity contribution in [1.82, 2.24) is 29.8 Å². The van der Waals surface area contributed by atoms with Gasteiger partial charge in [0.25, 0.3) is 0 Å². The zero-order chi connectivity index (χ0) is 53.5. The Bertz CT molecular complexity index is 2100. The highest BCUT2D eigenvalue weighted by molar-refractivity contribution is 7.09. The smallest absolute Gasteiger partial charge is 0.311 e. The van der Waals surface area contributed by atoms with Crippen molar-refractivity contribution >= 4 is 17.3 Å². The molecule has 3 saturated heterocycles. The first-order valence-corrected chi connectivity index (χ1v) is 26.8. The molecule has 5 N–H and O–H groups in total. The molecule has 0 spiro atoms. The predicted octanol–water partition coefficient (Wildman–Crippen LogP) is 5.30. The van der Waals surface area contributed by atoms with E-state index in [1.807, 2.05) is 71.9 Å². The molecule has 3 fully saturated rings. The summed E-state index contributed by atoms with van der Waals surface area (Å²) in [4.78, 5) is 22.8. The number of benzene rings is 1. The molecule has 72 heavy (non-hydrogen) atoms. The van der Waals surface area contributed by atoms with Crippen LogP contribution in [0.25, 0.3) is 5.69 Å². The molecule has 408 valence electrons. The third kappa shape index (κ3) is 14.7. The lowest BCUT2D eigenvalue weighted by atomic mass is 9.77. The second-order valence-corrected chi connectivity index (χ2v) is 22.7. The van der Waals surface area contributed by atoms with E-state index >= 15 is 0 Å². The van der Waals surface area contributed by atoms with Crippen LogP contribution >= 0.6 is 11.3 Å². The Morgan fingerprint density at radius 1 is 0.958 bits per heavy atom. The van der Waals surface area contributed by atoms with Crippen LogP contribution in [0.4, 0.5) is 0 Å². The summed E-state index contributed by atoms with van der Waals surface area (Å²) in [7, 11) is 5.33. The van der Waals surface area contributed by atoms with Gasteiger partial charge in [-0.2, -0.15) is 0 Å². The van der Waals surface area contributed by atoms with Gasteiger partial charge >= 0.3 is 5.97 Å². The quantitative estimate of drug-likeness (QED) is 0.145. The van der Waals surface area contributed by atoms with Crippen molar-refractivity contribution < 1.29 is 58.7 Å². The van der Waals surface area contributed by atoms with E-state index < -0.39 is 96.0 Å². The van der Waals surface area contributed by atoms with Gasteiger partial charge in [-0.1, -0.05) is 45.0 Å². The number of rotatable bonds is 12.